The zero-order chi connectivity index (χ0) is 11.6. The smallest absolute Gasteiger partial charge is 0.390 e. The van der Waals surface area contributed by atoms with E-state index in [-0.39, 0.29) is 0 Å². The van der Waals surface area contributed by atoms with Crippen LogP contribution in [0.5, 0.6) is 0 Å². The molecule has 0 saturated heterocycles. The Hall–Kier alpha value is 0.371. The van der Waals surface area contributed by atoms with E-state index < -0.39 is 26.4 Å². The van der Waals surface area contributed by atoms with Crippen molar-refractivity contribution in [1.29, 1.82) is 0 Å². The monoisotopic (exact) mass is 260 g/mol. The van der Waals surface area contributed by atoms with Crippen LogP contribution in [0.15, 0.2) is 0 Å². The molecule has 0 atom stereocenters. The van der Waals surface area contributed by atoms with Crippen LogP contribution in [0.2, 0.25) is 19.6 Å². The molecule has 0 heterocycles. The van der Waals surface area contributed by atoms with E-state index in [9.17, 15) is 0 Å². The standard InChI is InChI=1S/C4H16O7Si3/c1-9-14(4,10-12(2,5)6)11-13(3,7)8/h5-8H,1-4H3. The molecule has 0 radical (unpaired) electrons. The Bertz CT molecular complexity index is 168. The molecule has 0 amide bonds. The Labute approximate surface area is 85.6 Å². The molecule has 0 aliphatic rings. The highest BCUT2D eigenvalue weighted by Crippen LogP contribution is 2.16. The minimum absolute atomic E-state index is 1.11. The Kier molecular flexibility index (Phi) is 4.60. The van der Waals surface area contributed by atoms with Crippen molar-refractivity contribution < 1.29 is 31.8 Å². The largest absolute Gasteiger partial charge is 0.484 e. The molecule has 0 aromatic rings. The van der Waals surface area contributed by atoms with Crippen LogP contribution in [-0.2, 0) is 12.7 Å². The van der Waals surface area contributed by atoms with Crippen molar-refractivity contribution in [2.45, 2.75) is 19.6 Å². The lowest BCUT2D eigenvalue weighted by atomic mass is 11.8. The van der Waals surface area contributed by atoms with Crippen molar-refractivity contribution in [2.75, 3.05) is 7.11 Å². The fourth-order valence-corrected chi connectivity index (χ4v) is 7.63. The van der Waals surface area contributed by atoms with Gasteiger partial charge in [0, 0.05) is 26.8 Å². The van der Waals surface area contributed by atoms with Gasteiger partial charge in [-0.3, -0.25) is 0 Å². The second-order valence-corrected chi connectivity index (χ2v) is 10.6. The molecule has 0 fully saturated rings. The van der Waals surface area contributed by atoms with Gasteiger partial charge in [-0.15, -0.1) is 0 Å². The second kappa shape index (κ2) is 4.48. The van der Waals surface area contributed by atoms with Crippen LogP contribution >= 0.6 is 0 Å². The first-order valence-corrected chi connectivity index (χ1v) is 10.7. The van der Waals surface area contributed by atoms with Gasteiger partial charge in [0.15, 0.2) is 0 Å². The predicted molar refractivity (Wildman–Crippen MR) is 52.9 cm³/mol. The highest BCUT2D eigenvalue weighted by Gasteiger charge is 2.48. The van der Waals surface area contributed by atoms with Crippen molar-refractivity contribution in [3.05, 3.63) is 0 Å². The maximum absolute atomic E-state index is 9.08. The molecule has 7 nitrogen and oxygen atoms in total. The van der Waals surface area contributed by atoms with Crippen LogP contribution < -0.4 is 0 Å². The Morgan fingerprint density at radius 3 is 1.21 bits per heavy atom. The van der Waals surface area contributed by atoms with Crippen molar-refractivity contribution >= 4 is 26.4 Å². The highest BCUT2D eigenvalue weighted by atomic mass is 28.5. The fraction of sp³-hybridized carbons (Fsp3) is 1.00. The van der Waals surface area contributed by atoms with Gasteiger partial charge in [0.1, 0.15) is 0 Å². The Balaban J connectivity index is 4.49. The lowest BCUT2D eigenvalue weighted by molar-refractivity contribution is 0.117. The van der Waals surface area contributed by atoms with E-state index in [1.807, 2.05) is 0 Å². The van der Waals surface area contributed by atoms with Crippen LogP contribution in [0, 0.1) is 0 Å². The maximum Gasteiger partial charge on any atom is 0.484 e. The van der Waals surface area contributed by atoms with Gasteiger partial charge in [-0.2, -0.15) is 0 Å². The lowest BCUT2D eigenvalue weighted by Crippen LogP contribution is -2.58. The normalized spacial score (nSPS) is 14.6. The minimum atomic E-state index is -3.80. The van der Waals surface area contributed by atoms with Crippen LogP contribution in [-0.4, -0.2) is 52.7 Å². The third kappa shape index (κ3) is 6.77. The Morgan fingerprint density at radius 2 is 1.07 bits per heavy atom. The summed E-state index contributed by atoms with van der Waals surface area (Å²) in [5, 5.41) is 0. The molecule has 0 bridgehead atoms. The SMILES string of the molecule is CO[Si](C)(O[Si](C)(O)O)O[Si](C)(O)O. The average molecular weight is 260 g/mol. The summed E-state index contributed by atoms with van der Waals surface area (Å²) in [6, 6.07) is 0. The van der Waals surface area contributed by atoms with E-state index in [0.717, 1.165) is 13.1 Å². The lowest BCUT2D eigenvalue weighted by Gasteiger charge is -2.31. The van der Waals surface area contributed by atoms with E-state index >= 15 is 0 Å². The van der Waals surface area contributed by atoms with Crippen LogP contribution in [0.25, 0.3) is 0 Å². The molecule has 0 aliphatic heterocycles. The summed E-state index contributed by atoms with van der Waals surface area (Å²) in [5.41, 5.74) is 0. The first kappa shape index (κ1) is 14.4. The van der Waals surface area contributed by atoms with E-state index in [0.29, 0.717) is 0 Å². The van der Waals surface area contributed by atoms with E-state index in [1.165, 1.54) is 13.7 Å². The summed E-state index contributed by atoms with van der Waals surface area (Å²) in [6.07, 6.45) is 0. The van der Waals surface area contributed by atoms with Crippen molar-refractivity contribution in [3.63, 3.8) is 0 Å². The summed E-state index contributed by atoms with van der Waals surface area (Å²) in [4.78, 5) is 36.3. The molecule has 4 N–H and O–H groups in total. The van der Waals surface area contributed by atoms with Crippen LogP contribution in [0.3, 0.4) is 0 Å². The van der Waals surface area contributed by atoms with Gasteiger partial charge >= 0.3 is 26.4 Å². The second-order valence-electron chi connectivity index (χ2n) is 3.14. The summed E-state index contributed by atoms with van der Waals surface area (Å²) in [6.45, 7) is 3.56. The summed E-state index contributed by atoms with van der Waals surface area (Å²) >= 11 is 0. The molecule has 0 aliphatic carbocycles. The topological polar surface area (TPSA) is 109 Å². The van der Waals surface area contributed by atoms with Gasteiger partial charge in [-0.05, 0) is 0 Å². The zero-order valence-electron chi connectivity index (χ0n) is 8.51. The predicted octanol–water partition coefficient (Wildman–Crippen LogP) is -1.66. The molecular formula is C4H16O7Si3. The quantitative estimate of drug-likeness (QED) is 0.438. The van der Waals surface area contributed by atoms with Crippen molar-refractivity contribution in [2.24, 2.45) is 0 Å². The molecule has 0 aromatic heterocycles. The van der Waals surface area contributed by atoms with E-state index in [2.05, 4.69) is 0 Å². The van der Waals surface area contributed by atoms with Gasteiger partial charge < -0.3 is 31.8 Å². The molecular weight excluding hydrogens is 244 g/mol. The molecule has 0 saturated carbocycles. The first-order chi connectivity index (χ1) is 5.97. The third-order valence-corrected chi connectivity index (χ3v) is 7.93. The molecule has 0 aromatic carbocycles. The number of hydrogen-bond donors (Lipinski definition) is 4. The van der Waals surface area contributed by atoms with Gasteiger partial charge in [0.05, 0.1) is 0 Å². The molecule has 10 heteroatoms. The van der Waals surface area contributed by atoms with Gasteiger partial charge in [0.25, 0.3) is 0 Å². The van der Waals surface area contributed by atoms with Crippen LogP contribution in [0.1, 0.15) is 0 Å². The van der Waals surface area contributed by atoms with E-state index in [1.54, 1.807) is 0 Å². The summed E-state index contributed by atoms with van der Waals surface area (Å²) < 4.78 is 14.4. The summed E-state index contributed by atoms with van der Waals surface area (Å²) in [7, 11) is -9.73. The third-order valence-electron chi connectivity index (χ3n) is 1.13. The summed E-state index contributed by atoms with van der Waals surface area (Å²) in [5.74, 6) is 0. The Morgan fingerprint density at radius 1 is 0.786 bits per heavy atom. The number of hydrogen-bond acceptors (Lipinski definition) is 7. The fourth-order valence-electron chi connectivity index (χ4n) is 0.807. The molecule has 0 spiro atoms. The van der Waals surface area contributed by atoms with Gasteiger partial charge in [-0.25, -0.2) is 0 Å². The highest BCUT2D eigenvalue weighted by molar-refractivity contribution is 6.78. The minimum Gasteiger partial charge on any atom is -0.390 e. The van der Waals surface area contributed by atoms with Crippen LogP contribution in [0.4, 0.5) is 0 Å². The maximum atomic E-state index is 9.08. The van der Waals surface area contributed by atoms with Gasteiger partial charge in [-0.1, -0.05) is 0 Å². The first-order valence-electron chi connectivity index (χ1n) is 3.82. The van der Waals surface area contributed by atoms with E-state index in [4.69, 9.17) is 31.8 Å². The average Bonchev–Trinajstić information content (AvgIpc) is 1.78. The molecule has 0 unspecified atom stereocenters. The van der Waals surface area contributed by atoms with Crippen molar-refractivity contribution in [3.8, 4) is 0 Å². The molecule has 14 heavy (non-hydrogen) atoms. The number of rotatable bonds is 5. The van der Waals surface area contributed by atoms with Crippen molar-refractivity contribution in [1.82, 2.24) is 0 Å². The zero-order valence-corrected chi connectivity index (χ0v) is 11.5. The molecule has 86 valence electrons. The molecule has 0 rings (SSSR count). The van der Waals surface area contributed by atoms with Gasteiger partial charge in [0.2, 0.25) is 0 Å².